The van der Waals surface area contributed by atoms with Crippen molar-refractivity contribution in [3.63, 3.8) is 0 Å². The standard InChI is InChI=1S/C23H28N2O2/c1-2-17-11-13-20(14-12-17)27-16-19(26)15-25-22-10-6-5-9-21(22)24-23(25)18-7-3-4-8-18/h5-6,9-14,18-19,26H,2-4,7-8,15-16H2,1H3. The van der Waals surface area contributed by atoms with Crippen molar-refractivity contribution in [1.29, 1.82) is 0 Å². The number of fused-ring (bicyclic) bond motifs is 1. The van der Waals surface area contributed by atoms with E-state index < -0.39 is 6.10 Å². The van der Waals surface area contributed by atoms with E-state index in [2.05, 4.69) is 35.8 Å². The molecule has 1 aliphatic rings. The minimum Gasteiger partial charge on any atom is -0.491 e. The molecule has 1 aromatic heterocycles. The second-order valence-electron chi connectivity index (χ2n) is 7.51. The van der Waals surface area contributed by atoms with E-state index in [0.717, 1.165) is 29.0 Å². The summed E-state index contributed by atoms with van der Waals surface area (Å²) in [4.78, 5) is 4.90. The highest BCUT2D eigenvalue weighted by atomic mass is 16.5. The number of rotatable bonds is 7. The minimum atomic E-state index is -0.575. The molecule has 1 heterocycles. The van der Waals surface area contributed by atoms with Crippen LogP contribution in [-0.4, -0.2) is 27.4 Å². The molecular formula is C23H28N2O2. The summed E-state index contributed by atoms with van der Waals surface area (Å²) in [6.07, 6.45) is 5.37. The summed E-state index contributed by atoms with van der Waals surface area (Å²) in [7, 11) is 0. The average Bonchev–Trinajstić information content (AvgIpc) is 3.35. The summed E-state index contributed by atoms with van der Waals surface area (Å²) in [6.45, 7) is 2.93. The van der Waals surface area contributed by atoms with Gasteiger partial charge in [0.1, 0.15) is 24.3 Å². The van der Waals surface area contributed by atoms with Crippen molar-refractivity contribution < 1.29 is 9.84 Å². The monoisotopic (exact) mass is 364 g/mol. The molecular weight excluding hydrogens is 336 g/mol. The van der Waals surface area contributed by atoms with E-state index in [4.69, 9.17) is 9.72 Å². The van der Waals surface area contributed by atoms with Gasteiger partial charge in [0.05, 0.1) is 17.6 Å². The Labute approximate surface area is 160 Å². The van der Waals surface area contributed by atoms with E-state index in [1.165, 1.54) is 31.2 Å². The Morgan fingerprint density at radius 3 is 2.59 bits per heavy atom. The number of para-hydroxylation sites is 2. The van der Waals surface area contributed by atoms with Crippen molar-refractivity contribution in [3.05, 3.63) is 59.9 Å². The Kier molecular flexibility index (Phi) is 5.44. The number of aliphatic hydroxyl groups excluding tert-OH is 1. The molecule has 1 aliphatic carbocycles. The number of aryl methyl sites for hydroxylation is 1. The lowest BCUT2D eigenvalue weighted by Gasteiger charge is -2.18. The minimum absolute atomic E-state index is 0.280. The Balaban J connectivity index is 1.48. The van der Waals surface area contributed by atoms with Crippen molar-refractivity contribution >= 4 is 11.0 Å². The Bertz CT molecular complexity index is 879. The predicted molar refractivity (Wildman–Crippen MR) is 108 cm³/mol. The van der Waals surface area contributed by atoms with Gasteiger partial charge in [-0.15, -0.1) is 0 Å². The summed E-state index contributed by atoms with van der Waals surface area (Å²) >= 11 is 0. The van der Waals surface area contributed by atoms with Gasteiger partial charge >= 0.3 is 0 Å². The predicted octanol–water partition coefficient (Wildman–Crippen LogP) is 4.70. The van der Waals surface area contributed by atoms with E-state index in [-0.39, 0.29) is 6.61 Å². The molecule has 1 saturated carbocycles. The van der Waals surface area contributed by atoms with Gasteiger partial charge in [-0.1, -0.05) is 44.0 Å². The van der Waals surface area contributed by atoms with Crippen molar-refractivity contribution in [1.82, 2.24) is 9.55 Å². The number of benzene rings is 2. The average molecular weight is 364 g/mol. The second-order valence-corrected chi connectivity index (χ2v) is 7.51. The summed E-state index contributed by atoms with van der Waals surface area (Å²) in [5, 5.41) is 10.6. The van der Waals surface area contributed by atoms with Gasteiger partial charge in [-0.05, 0) is 49.1 Å². The van der Waals surface area contributed by atoms with Crippen molar-refractivity contribution in [2.24, 2.45) is 0 Å². The topological polar surface area (TPSA) is 47.3 Å². The summed E-state index contributed by atoms with van der Waals surface area (Å²) in [5.74, 6) is 2.44. The number of hydrogen-bond donors (Lipinski definition) is 1. The van der Waals surface area contributed by atoms with Crippen LogP contribution >= 0.6 is 0 Å². The third kappa shape index (κ3) is 4.01. The fourth-order valence-corrected chi connectivity index (χ4v) is 4.06. The zero-order valence-corrected chi connectivity index (χ0v) is 16.0. The van der Waals surface area contributed by atoms with Gasteiger partial charge in [0.25, 0.3) is 0 Å². The smallest absolute Gasteiger partial charge is 0.119 e. The van der Waals surface area contributed by atoms with Crippen LogP contribution in [0.4, 0.5) is 0 Å². The molecule has 1 unspecified atom stereocenters. The molecule has 0 radical (unpaired) electrons. The Hall–Kier alpha value is -2.33. The third-order valence-corrected chi connectivity index (χ3v) is 5.57. The van der Waals surface area contributed by atoms with Crippen LogP contribution < -0.4 is 4.74 Å². The van der Waals surface area contributed by atoms with Crippen molar-refractivity contribution in [3.8, 4) is 5.75 Å². The molecule has 0 bridgehead atoms. The maximum absolute atomic E-state index is 10.6. The number of ether oxygens (including phenoxy) is 1. The van der Waals surface area contributed by atoms with E-state index in [1.807, 2.05) is 24.3 Å². The van der Waals surface area contributed by atoms with Gasteiger partial charge < -0.3 is 14.4 Å². The zero-order chi connectivity index (χ0) is 18.6. The molecule has 1 fully saturated rings. The molecule has 27 heavy (non-hydrogen) atoms. The van der Waals surface area contributed by atoms with Crippen LogP contribution in [0.5, 0.6) is 5.75 Å². The largest absolute Gasteiger partial charge is 0.491 e. The van der Waals surface area contributed by atoms with Crippen LogP contribution in [0.15, 0.2) is 48.5 Å². The maximum atomic E-state index is 10.6. The van der Waals surface area contributed by atoms with Crippen LogP contribution in [-0.2, 0) is 13.0 Å². The quantitative estimate of drug-likeness (QED) is 0.661. The molecule has 1 atom stereocenters. The normalized spacial score (nSPS) is 16.1. The lowest BCUT2D eigenvalue weighted by molar-refractivity contribution is 0.0924. The Morgan fingerprint density at radius 2 is 1.85 bits per heavy atom. The molecule has 142 valence electrons. The van der Waals surface area contributed by atoms with Crippen LogP contribution in [0.1, 0.15) is 49.9 Å². The lowest BCUT2D eigenvalue weighted by Crippen LogP contribution is -2.25. The zero-order valence-electron chi connectivity index (χ0n) is 16.0. The molecule has 2 aromatic carbocycles. The van der Waals surface area contributed by atoms with Gasteiger partial charge in [-0.25, -0.2) is 4.98 Å². The SMILES string of the molecule is CCc1ccc(OCC(O)Cn2c(C3CCCC3)nc3ccccc32)cc1. The van der Waals surface area contributed by atoms with Gasteiger partial charge in [0.15, 0.2) is 0 Å². The fourth-order valence-electron chi connectivity index (χ4n) is 4.06. The molecule has 4 heteroatoms. The number of imidazole rings is 1. The van der Waals surface area contributed by atoms with Gasteiger partial charge in [0.2, 0.25) is 0 Å². The first-order chi connectivity index (χ1) is 13.2. The number of hydrogen-bond acceptors (Lipinski definition) is 3. The highest BCUT2D eigenvalue weighted by molar-refractivity contribution is 5.76. The van der Waals surface area contributed by atoms with Crippen molar-refractivity contribution in [2.45, 2.75) is 57.6 Å². The van der Waals surface area contributed by atoms with Gasteiger partial charge in [-0.2, -0.15) is 0 Å². The number of aliphatic hydroxyl groups is 1. The van der Waals surface area contributed by atoms with Crippen LogP contribution in [0.25, 0.3) is 11.0 Å². The van der Waals surface area contributed by atoms with Crippen molar-refractivity contribution in [2.75, 3.05) is 6.61 Å². The first-order valence-electron chi connectivity index (χ1n) is 10.1. The highest BCUT2D eigenvalue weighted by Crippen LogP contribution is 2.35. The molecule has 0 spiro atoms. The van der Waals surface area contributed by atoms with E-state index >= 15 is 0 Å². The molecule has 0 saturated heterocycles. The van der Waals surface area contributed by atoms with Gasteiger partial charge in [-0.3, -0.25) is 0 Å². The van der Waals surface area contributed by atoms with E-state index in [9.17, 15) is 5.11 Å². The molecule has 4 rings (SSSR count). The first kappa shape index (κ1) is 18.1. The highest BCUT2D eigenvalue weighted by Gasteiger charge is 2.24. The summed E-state index contributed by atoms with van der Waals surface area (Å²) in [6, 6.07) is 16.3. The molecule has 1 N–H and O–H groups in total. The molecule has 4 nitrogen and oxygen atoms in total. The fraction of sp³-hybridized carbons (Fsp3) is 0.435. The van der Waals surface area contributed by atoms with Crippen LogP contribution in [0.2, 0.25) is 0 Å². The Morgan fingerprint density at radius 1 is 1.11 bits per heavy atom. The van der Waals surface area contributed by atoms with E-state index in [1.54, 1.807) is 0 Å². The number of aromatic nitrogens is 2. The van der Waals surface area contributed by atoms with Gasteiger partial charge in [0, 0.05) is 5.92 Å². The van der Waals surface area contributed by atoms with E-state index in [0.29, 0.717) is 12.5 Å². The second kappa shape index (κ2) is 8.13. The first-order valence-corrected chi connectivity index (χ1v) is 10.1. The lowest BCUT2D eigenvalue weighted by atomic mass is 10.1. The molecule has 0 amide bonds. The van der Waals surface area contributed by atoms with Crippen LogP contribution in [0.3, 0.4) is 0 Å². The maximum Gasteiger partial charge on any atom is 0.119 e. The van der Waals surface area contributed by atoms with Crippen LogP contribution in [0, 0.1) is 0 Å². The molecule has 0 aliphatic heterocycles. The number of nitrogens with zero attached hydrogens (tertiary/aromatic N) is 2. The third-order valence-electron chi connectivity index (χ3n) is 5.57. The summed E-state index contributed by atoms with van der Waals surface area (Å²) in [5.41, 5.74) is 3.41. The molecule has 3 aromatic rings. The summed E-state index contributed by atoms with van der Waals surface area (Å²) < 4.78 is 8.02.